The van der Waals surface area contributed by atoms with E-state index in [4.69, 9.17) is 23.2 Å². The Hall–Kier alpha value is -3.18. The molecule has 0 spiro atoms. The zero-order valence-electron chi connectivity index (χ0n) is 20.9. The first-order valence-corrected chi connectivity index (χ1v) is 15.1. The molecule has 2 aliphatic heterocycles. The van der Waals surface area contributed by atoms with Crippen molar-refractivity contribution in [2.45, 2.75) is 13.8 Å². The summed E-state index contributed by atoms with van der Waals surface area (Å²) in [7, 11) is 0. The fourth-order valence-electron chi connectivity index (χ4n) is 6.87. The number of hydrogen-bond acceptors (Lipinski definition) is 8. The number of imide groups is 2. The zero-order valence-corrected chi connectivity index (χ0v) is 24.1. The largest absolute Gasteiger partial charge is 0.274 e. The standard InChI is InChI=1S/C28H18Cl2N4O4S2/c1-9-5-17-15(7-13(9)29)31-27(39-17)33-23(35)19-11-3-4-12(20(19)24(33)36)22-21(11)25(37)34(26(22)38)28-32-16-8-14(30)10(2)6-18(16)40-28/h3-8,11-12,19-22H,1-2H3/t11?,12?,19-,20-,21-,22-/m1/s1. The van der Waals surface area contributed by atoms with Crippen LogP contribution in [0.2, 0.25) is 10.0 Å². The van der Waals surface area contributed by atoms with Crippen molar-refractivity contribution < 1.29 is 19.2 Å². The number of allylic oxidation sites excluding steroid dienone is 2. The summed E-state index contributed by atoms with van der Waals surface area (Å²) in [6.45, 7) is 3.76. The Balaban J connectivity index is 1.17. The van der Waals surface area contributed by atoms with Crippen LogP contribution in [-0.4, -0.2) is 33.6 Å². The number of aromatic nitrogens is 2. The number of carbonyl (C=O) groups is 4. The monoisotopic (exact) mass is 608 g/mol. The highest BCUT2D eigenvalue weighted by molar-refractivity contribution is 7.23. The average molecular weight is 610 g/mol. The van der Waals surface area contributed by atoms with Gasteiger partial charge in [-0.05, 0) is 49.2 Å². The summed E-state index contributed by atoms with van der Waals surface area (Å²) < 4.78 is 1.64. The van der Waals surface area contributed by atoms with E-state index in [2.05, 4.69) is 9.97 Å². The highest BCUT2D eigenvalue weighted by atomic mass is 35.5. The van der Waals surface area contributed by atoms with Crippen molar-refractivity contribution >= 4 is 100 Å². The van der Waals surface area contributed by atoms with E-state index in [-0.39, 0.29) is 33.9 Å². The molecule has 40 heavy (non-hydrogen) atoms. The molecule has 2 bridgehead atoms. The highest BCUT2D eigenvalue weighted by Gasteiger charge is 2.69. The highest BCUT2D eigenvalue weighted by Crippen LogP contribution is 2.59. The second-order valence-corrected chi connectivity index (χ2v) is 13.6. The van der Waals surface area contributed by atoms with Gasteiger partial charge in [-0.1, -0.05) is 58.0 Å². The van der Waals surface area contributed by atoms with Crippen LogP contribution in [0.25, 0.3) is 20.4 Å². The van der Waals surface area contributed by atoms with Gasteiger partial charge >= 0.3 is 0 Å². The molecule has 12 heteroatoms. The number of carbonyl (C=O) groups excluding carboxylic acids is 4. The summed E-state index contributed by atoms with van der Waals surface area (Å²) in [5.74, 6) is -5.55. The molecular formula is C28H18Cl2N4O4S2. The van der Waals surface area contributed by atoms with Gasteiger partial charge < -0.3 is 0 Å². The Bertz CT molecular complexity index is 1660. The molecule has 200 valence electrons. The first kappa shape index (κ1) is 24.6. The van der Waals surface area contributed by atoms with Gasteiger partial charge in [-0.2, -0.15) is 0 Å². The second-order valence-electron chi connectivity index (χ2n) is 10.8. The third-order valence-electron chi connectivity index (χ3n) is 8.71. The molecule has 4 aromatic rings. The molecule has 2 aromatic carbocycles. The molecule has 0 unspecified atom stereocenters. The Morgan fingerprint density at radius 3 is 1.32 bits per heavy atom. The van der Waals surface area contributed by atoms with Gasteiger partial charge in [0.2, 0.25) is 23.6 Å². The smallest absolute Gasteiger partial charge is 0.240 e. The minimum atomic E-state index is -0.727. The van der Waals surface area contributed by atoms with Crippen LogP contribution in [0.4, 0.5) is 10.3 Å². The van der Waals surface area contributed by atoms with Crippen molar-refractivity contribution in [1.29, 1.82) is 0 Å². The van der Waals surface area contributed by atoms with Crippen LogP contribution in [0.3, 0.4) is 0 Å². The lowest BCUT2D eigenvalue weighted by molar-refractivity contribution is -0.137. The summed E-state index contributed by atoms with van der Waals surface area (Å²) in [6, 6.07) is 7.22. The maximum Gasteiger partial charge on any atom is 0.240 e. The minimum absolute atomic E-state index is 0.285. The van der Waals surface area contributed by atoms with Crippen LogP contribution in [-0.2, 0) is 19.2 Å². The number of rotatable bonds is 2. The number of fused-ring (bicyclic) bond motifs is 2. The van der Waals surface area contributed by atoms with Crippen LogP contribution in [0.5, 0.6) is 0 Å². The molecule has 0 radical (unpaired) electrons. The lowest BCUT2D eigenvalue weighted by Crippen LogP contribution is -2.50. The van der Waals surface area contributed by atoms with E-state index in [1.165, 1.54) is 22.7 Å². The van der Waals surface area contributed by atoms with Gasteiger partial charge in [-0.15, -0.1) is 0 Å². The lowest BCUT2D eigenvalue weighted by atomic mass is 9.54. The van der Waals surface area contributed by atoms with Crippen molar-refractivity contribution in [3.8, 4) is 0 Å². The van der Waals surface area contributed by atoms with E-state index in [1.807, 2.05) is 38.1 Å². The molecule has 4 heterocycles. The van der Waals surface area contributed by atoms with E-state index in [9.17, 15) is 19.2 Å². The molecule has 2 aromatic heterocycles. The number of amides is 4. The number of thiazole rings is 2. The van der Waals surface area contributed by atoms with Crippen molar-refractivity contribution in [2.24, 2.45) is 35.5 Å². The van der Waals surface area contributed by atoms with Crippen molar-refractivity contribution in [3.63, 3.8) is 0 Å². The molecule has 0 N–H and O–H groups in total. The number of nitrogens with zero attached hydrogens (tertiary/aromatic N) is 4. The molecule has 8 nitrogen and oxygen atoms in total. The molecule has 4 atom stereocenters. The maximum absolute atomic E-state index is 13.8. The first-order valence-electron chi connectivity index (χ1n) is 12.7. The van der Waals surface area contributed by atoms with E-state index >= 15 is 0 Å². The summed E-state index contributed by atoms with van der Waals surface area (Å²) in [5.41, 5.74) is 2.97. The lowest BCUT2D eigenvalue weighted by Gasteiger charge is -2.44. The summed E-state index contributed by atoms with van der Waals surface area (Å²) >= 11 is 15.0. The number of benzene rings is 2. The van der Waals surface area contributed by atoms with Gasteiger partial charge in [0.1, 0.15) is 0 Å². The maximum atomic E-state index is 13.8. The Kier molecular flexibility index (Phi) is 5.04. The van der Waals surface area contributed by atoms with Gasteiger partial charge in [0.25, 0.3) is 0 Å². The molecule has 9 rings (SSSR count). The number of anilines is 2. The zero-order chi connectivity index (χ0) is 27.8. The first-order chi connectivity index (χ1) is 19.1. The summed E-state index contributed by atoms with van der Waals surface area (Å²) in [5, 5.41) is 1.68. The van der Waals surface area contributed by atoms with Crippen molar-refractivity contribution in [3.05, 3.63) is 57.6 Å². The number of hydrogen-bond donors (Lipinski definition) is 0. The van der Waals surface area contributed by atoms with Crippen molar-refractivity contribution in [2.75, 3.05) is 9.80 Å². The normalized spacial score (nSPS) is 29.0. The van der Waals surface area contributed by atoms with E-state index in [0.717, 1.165) is 30.3 Å². The quantitative estimate of drug-likeness (QED) is 0.218. The average Bonchev–Trinajstić information content (AvgIpc) is 3.64. The Morgan fingerprint density at radius 2 is 0.975 bits per heavy atom. The van der Waals surface area contributed by atoms with Crippen molar-refractivity contribution in [1.82, 2.24) is 9.97 Å². The van der Waals surface area contributed by atoms with Gasteiger partial charge in [0.15, 0.2) is 10.3 Å². The molecular weight excluding hydrogens is 591 g/mol. The van der Waals surface area contributed by atoms with E-state index < -0.39 is 35.5 Å². The van der Waals surface area contributed by atoms with Gasteiger partial charge in [-0.25, -0.2) is 19.8 Å². The van der Waals surface area contributed by atoms with Crippen LogP contribution >= 0.6 is 45.9 Å². The van der Waals surface area contributed by atoms with Crippen LogP contribution in [0.15, 0.2) is 36.4 Å². The van der Waals surface area contributed by atoms with Gasteiger partial charge in [0, 0.05) is 21.9 Å². The van der Waals surface area contributed by atoms with Crippen LogP contribution in [0.1, 0.15) is 11.1 Å². The van der Waals surface area contributed by atoms with E-state index in [0.29, 0.717) is 21.1 Å². The second kappa shape index (κ2) is 8.19. The fraction of sp³-hybridized carbons (Fsp3) is 0.286. The number of aryl methyl sites for hydroxylation is 2. The predicted molar refractivity (Wildman–Crippen MR) is 154 cm³/mol. The molecule has 3 fully saturated rings. The third kappa shape index (κ3) is 3.07. The Labute approximate surface area is 245 Å². The van der Waals surface area contributed by atoms with Gasteiger partial charge in [-0.3, -0.25) is 19.2 Å². The molecule has 3 aliphatic carbocycles. The predicted octanol–water partition coefficient (Wildman–Crippen LogP) is 5.56. The number of halogens is 2. The molecule has 1 saturated carbocycles. The van der Waals surface area contributed by atoms with E-state index in [1.54, 1.807) is 12.1 Å². The topological polar surface area (TPSA) is 101 Å². The summed E-state index contributed by atoms with van der Waals surface area (Å²) in [4.78, 5) is 66.8. The molecule has 2 saturated heterocycles. The van der Waals surface area contributed by atoms with Crippen LogP contribution < -0.4 is 9.80 Å². The summed E-state index contributed by atoms with van der Waals surface area (Å²) in [6.07, 6.45) is 3.69. The molecule has 5 aliphatic rings. The van der Waals surface area contributed by atoms with Crippen LogP contribution in [0, 0.1) is 49.4 Å². The Morgan fingerprint density at radius 1 is 0.625 bits per heavy atom. The molecule has 4 amide bonds. The SMILES string of the molecule is Cc1cc2sc(N3C(=O)[C@@H]4C5C=CC([C@H]4C3=O)[C@H]3C(=O)N(c4nc6cc(Cl)c(C)cc6s4)C(=O)[C@H]53)nc2cc1Cl. The minimum Gasteiger partial charge on any atom is -0.274 e. The van der Waals surface area contributed by atoms with Gasteiger partial charge in [0.05, 0.1) is 44.1 Å². The fourth-order valence-corrected chi connectivity index (χ4v) is 9.30. The third-order valence-corrected chi connectivity index (χ3v) is 11.5.